The number of hydrogen-bond acceptors (Lipinski definition) is 5. The summed E-state index contributed by atoms with van der Waals surface area (Å²) < 4.78 is 1.72. The van der Waals surface area contributed by atoms with E-state index in [2.05, 4.69) is 25.7 Å². The van der Waals surface area contributed by atoms with E-state index in [0.717, 1.165) is 28.0 Å². The normalized spacial score (nSPS) is 10.9. The minimum absolute atomic E-state index is 0.472. The molecule has 0 aliphatic heterocycles. The van der Waals surface area contributed by atoms with Crippen LogP contribution in [0.4, 0.5) is 23.1 Å². The Kier molecular flexibility index (Phi) is 4.18. The van der Waals surface area contributed by atoms with Crippen LogP contribution in [-0.4, -0.2) is 19.7 Å². The predicted octanol–water partition coefficient (Wildman–Crippen LogP) is 4.81. The van der Waals surface area contributed by atoms with Gasteiger partial charge < -0.3 is 10.6 Å². The molecule has 7 heteroatoms. The molecule has 2 aromatic carbocycles. The second kappa shape index (κ2) is 6.65. The van der Waals surface area contributed by atoms with Crippen molar-refractivity contribution < 1.29 is 0 Å². The third-order valence-corrected chi connectivity index (χ3v) is 4.46. The Labute approximate surface area is 155 Å². The van der Waals surface area contributed by atoms with Crippen LogP contribution in [0, 0.1) is 6.92 Å². The Morgan fingerprint density at radius 1 is 0.962 bits per heavy atom. The highest BCUT2D eigenvalue weighted by atomic mass is 35.5. The topological polar surface area (TPSA) is 67.7 Å². The van der Waals surface area contributed by atoms with Crippen molar-refractivity contribution in [3.05, 3.63) is 65.3 Å². The number of anilines is 4. The zero-order valence-electron chi connectivity index (χ0n) is 14.4. The molecule has 0 spiro atoms. The lowest BCUT2D eigenvalue weighted by atomic mass is 10.2. The van der Waals surface area contributed by atoms with E-state index in [4.69, 9.17) is 11.6 Å². The second-order valence-corrected chi connectivity index (χ2v) is 6.39. The van der Waals surface area contributed by atoms with E-state index in [0.29, 0.717) is 16.8 Å². The molecule has 0 unspecified atom stereocenters. The molecule has 2 heterocycles. The van der Waals surface area contributed by atoms with Crippen molar-refractivity contribution in [2.45, 2.75) is 6.92 Å². The first-order valence-electron chi connectivity index (χ1n) is 8.15. The molecule has 4 rings (SSSR count). The van der Waals surface area contributed by atoms with E-state index in [-0.39, 0.29) is 0 Å². The molecule has 2 N–H and O–H groups in total. The maximum absolute atomic E-state index is 6.21. The van der Waals surface area contributed by atoms with Crippen LogP contribution in [-0.2, 0) is 7.05 Å². The first-order valence-corrected chi connectivity index (χ1v) is 8.53. The van der Waals surface area contributed by atoms with Crippen LogP contribution >= 0.6 is 11.6 Å². The van der Waals surface area contributed by atoms with Crippen LogP contribution in [0.25, 0.3) is 11.0 Å². The van der Waals surface area contributed by atoms with Gasteiger partial charge in [-0.1, -0.05) is 35.9 Å². The lowest BCUT2D eigenvalue weighted by Gasteiger charge is -2.11. The summed E-state index contributed by atoms with van der Waals surface area (Å²) in [7, 11) is 1.86. The molecule has 0 saturated carbocycles. The van der Waals surface area contributed by atoms with Crippen LogP contribution < -0.4 is 10.6 Å². The summed E-state index contributed by atoms with van der Waals surface area (Å²) in [6.07, 6.45) is 1.76. The minimum Gasteiger partial charge on any atom is -0.339 e. The van der Waals surface area contributed by atoms with E-state index in [9.17, 15) is 0 Å². The molecule has 0 saturated heterocycles. The van der Waals surface area contributed by atoms with Crippen LogP contribution in [0.15, 0.2) is 54.7 Å². The van der Waals surface area contributed by atoms with Crippen LogP contribution in [0.3, 0.4) is 0 Å². The number of hydrogen-bond donors (Lipinski definition) is 2. The molecular weight excluding hydrogens is 348 g/mol. The third-order valence-electron chi connectivity index (χ3n) is 4.06. The summed E-state index contributed by atoms with van der Waals surface area (Å²) in [6, 6.07) is 15.6. The fourth-order valence-electron chi connectivity index (χ4n) is 2.63. The fraction of sp³-hybridized carbons (Fsp3) is 0.105. The number of nitrogens with one attached hydrogen (secondary N) is 2. The maximum Gasteiger partial charge on any atom is 0.231 e. The molecular formula is C19H17ClN6. The average Bonchev–Trinajstić information content (AvgIpc) is 3.01. The zero-order valence-corrected chi connectivity index (χ0v) is 15.1. The van der Waals surface area contributed by atoms with Crippen molar-refractivity contribution in [3.63, 3.8) is 0 Å². The van der Waals surface area contributed by atoms with Gasteiger partial charge in [0.25, 0.3) is 0 Å². The van der Waals surface area contributed by atoms with Crippen LogP contribution in [0.5, 0.6) is 0 Å². The number of nitrogens with zero attached hydrogens (tertiary/aromatic N) is 4. The summed E-state index contributed by atoms with van der Waals surface area (Å²) in [4.78, 5) is 9.21. The van der Waals surface area contributed by atoms with E-state index >= 15 is 0 Å². The summed E-state index contributed by atoms with van der Waals surface area (Å²) in [6.45, 7) is 1.96. The Balaban J connectivity index is 1.75. The lowest BCUT2D eigenvalue weighted by molar-refractivity contribution is 0.786. The van der Waals surface area contributed by atoms with Gasteiger partial charge in [0.15, 0.2) is 5.65 Å². The predicted molar refractivity (Wildman–Crippen MR) is 106 cm³/mol. The van der Waals surface area contributed by atoms with Crippen molar-refractivity contribution in [1.82, 2.24) is 19.7 Å². The van der Waals surface area contributed by atoms with Gasteiger partial charge in [-0.15, -0.1) is 0 Å². The summed E-state index contributed by atoms with van der Waals surface area (Å²) in [5, 5.41) is 12.4. The van der Waals surface area contributed by atoms with Gasteiger partial charge in [0.1, 0.15) is 5.82 Å². The van der Waals surface area contributed by atoms with E-state index in [1.807, 2.05) is 62.5 Å². The minimum atomic E-state index is 0.472. The number of aryl methyl sites for hydroxylation is 2. The maximum atomic E-state index is 6.21. The molecule has 6 nitrogen and oxygen atoms in total. The molecule has 0 fully saturated rings. The number of halogens is 1. The number of para-hydroxylation sites is 1. The number of fused-ring (bicyclic) bond motifs is 1. The number of rotatable bonds is 4. The molecule has 26 heavy (non-hydrogen) atoms. The van der Waals surface area contributed by atoms with Gasteiger partial charge in [0.05, 0.1) is 11.6 Å². The smallest absolute Gasteiger partial charge is 0.231 e. The standard InChI is InChI=1S/C19H17ClN6/c1-12-8-9-14(10-16(12)20)23-19-24-17(22-13-6-4-3-5-7-13)15-11-21-26(2)18(15)25-19/h3-11H,1-2H3,(H2,22,23,24,25). The van der Waals surface area contributed by atoms with E-state index in [1.54, 1.807) is 10.9 Å². The fourth-order valence-corrected chi connectivity index (χ4v) is 2.81. The Bertz CT molecular complexity index is 1070. The summed E-state index contributed by atoms with van der Waals surface area (Å²) in [5.41, 5.74) is 3.53. The van der Waals surface area contributed by atoms with Crippen molar-refractivity contribution in [2.75, 3.05) is 10.6 Å². The molecule has 2 aromatic heterocycles. The average molecular weight is 365 g/mol. The molecule has 0 bridgehead atoms. The first-order chi connectivity index (χ1) is 12.6. The monoisotopic (exact) mass is 364 g/mol. The highest BCUT2D eigenvalue weighted by Crippen LogP contribution is 2.27. The van der Waals surface area contributed by atoms with Crippen molar-refractivity contribution in [3.8, 4) is 0 Å². The molecule has 0 aliphatic carbocycles. The summed E-state index contributed by atoms with van der Waals surface area (Å²) in [5.74, 6) is 1.16. The molecule has 4 aromatic rings. The van der Waals surface area contributed by atoms with Gasteiger partial charge >= 0.3 is 0 Å². The van der Waals surface area contributed by atoms with E-state index < -0.39 is 0 Å². The van der Waals surface area contributed by atoms with Crippen LogP contribution in [0.2, 0.25) is 5.02 Å². The Morgan fingerprint density at radius 3 is 2.54 bits per heavy atom. The molecule has 0 atom stereocenters. The van der Waals surface area contributed by atoms with Gasteiger partial charge in [-0.2, -0.15) is 15.1 Å². The first kappa shape index (κ1) is 16.4. The van der Waals surface area contributed by atoms with Crippen LogP contribution in [0.1, 0.15) is 5.56 Å². The highest BCUT2D eigenvalue weighted by Gasteiger charge is 2.12. The van der Waals surface area contributed by atoms with Crippen molar-refractivity contribution in [1.29, 1.82) is 0 Å². The van der Waals surface area contributed by atoms with Gasteiger partial charge in [0, 0.05) is 23.4 Å². The van der Waals surface area contributed by atoms with Crippen molar-refractivity contribution in [2.24, 2.45) is 7.05 Å². The molecule has 0 radical (unpaired) electrons. The SMILES string of the molecule is Cc1ccc(Nc2nc(Nc3ccccc3)c3cnn(C)c3n2)cc1Cl. The van der Waals surface area contributed by atoms with Crippen molar-refractivity contribution >= 4 is 45.8 Å². The Morgan fingerprint density at radius 2 is 1.77 bits per heavy atom. The largest absolute Gasteiger partial charge is 0.339 e. The Hall–Kier alpha value is -3.12. The summed E-state index contributed by atoms with van der Waals surface area (Å²) >= 11 is 6.21. The molecule has 0 aliphatic rings. The third kappa shape index (κ3) is 3.19. The number of aromatic nitrogens is 4. The molecule has 130 valence electrons. The highest BCUT2D eigenvalue weighted by molar-refractivity contribution is 6.31. The van der Waals surface area contributed by atoms with Gasteiger partial charge in [-0.3, -0.25) is 4.68 Å². The zero-order chi connectivity index (χ0) is 18.1. The second-order valence-electron chi connectivity index (χ2n) is 5.98. The van der Waals surface area contributed by atoms with Gasteiger partial charge in [0.2, 0.25) is 5.95 Å². The lowest BCUT2D eigenvalue weighted by Crippen LogP contribution is -2.03. The molecule has 0 amide bonds. The van der Waals surface area contributed by atoms with E-state index in [1.165, 1.54) is 0 Å². The van der Waals surface area contributed by atoms with Gasteiger partial charge in [-0.05, 0) is 36.8 Å². The quantitative estimate of drug-likeness (QED) is 0.543. The number of benzene rings is 2. The van der Waals surface area contributed by atoms with Gasteiger partial charge in [-0.25, -0.2) is 0 Å².